The first-order valence-electron chi connectivity index (χ1n) is 9.18. The highest BCUT2D eigenvalue weighted by Crippen LogP contribution is 2.50. The Bertz CT molecular complexity index is 977. The molecule has 1 aliphatic heterocycles. The third-order valence-corrected chi connectivity index (χ3v) is 5.71. The van der Waals surface area contributed by atoms with Gasteiger partial charge in [-0.2, -0.15) is 0 Å². The number of hydrogen-bond acceptors (Lipinski definition) is 1. The summed E-state index contributed by atoms with van der Waals surface area (Å²) < 4.78 is 14.4. The van der Waals surface area contributed by atoms with Crippen LogP contribution in [0.15, 0.2) is 84.9 Å². The van der Waals surface area contributed by atoms with Gasteiger partial charge in [0.05, 0.1) is 6.04 Å². The predicted octanol–water partition coefficient (Wildman–Crippen LogP) is 6.32. The van der Waals surface area contributed by atoms with Crippen molar-refractivity contribution in [1.82, 2.24) is 0 Å². The Morgan fingerprint density at radius 1 is 0.808 bits per heavy atom. The number of anilines is 1. The molecule has 26 heavy (non-hydrogen) atoms. The maximum Gasteiger partial charge on any atom is 0.128 e. The Morgan fingerprint density at radius 2 is 1.62 bits per heavy atom. The van der Waals surface area contributed by atoms with Crippen molar-refractivity contribution in [3.8, 4) is 11.1 Å². The molecule has 0 aromatic heterocycles. The zero-order valence-electron chi connectivity index (χ0n) is 14.4. The highest BCUT2D eigenvalue weighted by molar-refractivity contribution is 5.71. The molecule has 1 aliphatic carbocycles. The van der Waals surface area contributed by atoms with Gasteiger partial charge in [0, 0.05) is 17.2 Å². The fourth-order valence-corrected chi connectivity index (χ4v) is 4.44. The van der Waals surface area contributed by atoms with E-state index in [-0.39, 0.29) is 11.9 Å². The first-order valence-corrected chi connectivity index (χ1v) is 9.18. The molecule has 0 radical (unpaired) electrons. The summed E-state index contributed by atoms with van der Waals surface area (Å²) >= 11 is 0. The Balaban J connectivity index is 1.59. The smallest absolute Gasteiger partial charge is 0.128 e. The van der Waals surface area contributed by atoms with Crippen molar-refractivity contribution in [3.63, 3.8) is 0 Å². The molecule has 5 rings (SSSR count). The largest absolute Gasteiger partial charge is 0.378 e. The van der Waals surface area contributed by atoms with Crippen LogP contribution in [0.25, 0.3) is 11.1 Å². The fraction of sp³-hybridized carbons (Fsp3) is 0.167. The highest BCUT2D eigenvalue weighted by atomic mass is 19.1. The van der Waals surface area contributed by atoms with Gasteiger partial charge in [0.15, 0.2) is 0 Å². The van der Waals surface area contributed by atoms with E-state index in [1.54, 1.807) is 12.1 Å². The lowest BCUT2D eigenvalue weighted by Crippen LogP contribution is -2.29. The molecular weight excluding hydrogens is 321 g/mol. The van der Waals surface area contributed by atoms with Crippen molar-refractivity contribution in [2.75, 3.05) is 5.32 Å². The van der Waals surface area contributed by atoms with Gasteiger partial charge in [-0.05, 0) is 47.2 Å². The van der Waals surface area contributed by atoms with E-state index in [4.69, 9.17) is 0 Å². The van der Waals surface area contributed by atoms with Crippen molar-refractivity contribution in [1.29, 1.82) is 0 Å². The van der Waals surface area contributed by atoms with Gasteiger partial charge in [-0.25, -0.2) is 4.39 Å². The van der Waals surface area contributed by atoms with Gasteiger partial charge in [-0.3, -0.25) is 0 Å². The van der Waals surface area contributed by atoms with Crippen LogP contribution < -0.4 is 5.32 Å². The van der Waals surface area contributed by atoms with E-state index in [1.165, 1.54) is 16.7 Å². The summed E-state index contributed by atoms with van der Waals surface area (Å²) in [6.45, 7) is 0. The fourth-order valence-electron chi connectivity index (χ4n) is 4.44. The summed E-state index contributed by atoms with van der Waals surface area (Å²) in [5.41, 5.74) is 5.66. The molecular formula is C24H20FN. The summed E-state index contributed by atoms with van der Waals surface area (Å²) in [4.78, 5) is 0. The number of rotatable bonds is 2. The quantitative estimate of drug-likeness (QED) is 0.538. The summed E-state index contributed by atoms with van der Waals surface area (Å²) in [6, 6.07) is 24.2. The van der Waals surface area contributed by atoms with E-state index < -0.39 is 0 Å². The van der Waals surface area contributed by atoms with E-state index in [2.05, 4.69) is 59.9 Å². The van der Waals surface area contributed by atoms with Crippen LogP contribution in [0.2, 0.25) is 0 Å². The molecule has 2 aliphatic rings. The molecule has 3 aromatic rings. The SMILES string of the molecule is Fc1ccccc1[C@@H]1Nc2ccc(-c3ccccc3)cc2[C@H]2C=CC[C@H]21. The van der Waals surface area contributed by atoms with Crippen LogP contribution in [-0.4, -0.2) is 0 Å². The number of halogens is 1. The van der Waals surface area contributed by atoms with Crippen LogP contribution in [0.4, 0.5) is 10.1 Å². The molecule has 1 heterocycles. The molecule has 0 saturated heterocycles. The van der Waals surface area contributed by atoms with Crippen LogP contribution in [0.5, 0.6) is 0 Å². The number of hydrogen-bond donors (Lipinski definition) is 1. The topological polar surface area (TPSA) is 12.0 Å². The Morgan fingerprint density at radius 3 is 2.46 bits per heavy atom. The molecule has 3 aromatic carbocycles. The van der Waals surface area contributed by atoms with Gasteiger partial charge >= 0.3 is 0 Å². The van der Waals surface area contributed by atoms with Gasteiger partial charge in [-0.15, -0.1) is 0 Å². The second-order valence-electron chi connectivity index (χ2n) is 7.17. The molecule has 0 bridgehead atoms. The first kappa shape index (κ1) is 15.4. The average molecular weight is 341 g/mol. The lowest BCUT2D eigenvalue weighted by molar-refractivity contribution is 0.413. The molecule has 0 unspecified atom stereocenters. The monoisotopic (exact) mass is 341 g/mol. The number of nitrogens with one attached hydrogen (secondary N) is 1. The van der Waals surface area contributed by atoms with E-state index in [1.807, 2.05) is 18.2 Å². The average Bonchev–Trinajstić information content (AvgIpc) is 3.18. The Labute approximate surface area is 153 Å². The third kappa shape index (κ3) is 2.45. The second-order valence-corrected chi connectivity index (χ2v) is 7.17. The maximum atomic E-state index is 14.4. The summed E-state index contributed by atoms with van der Waals surface area (Å²) in [6.07, 6.45) is 5.52. The maximum absolute atomic E-state index is 14.4. The molecule has 0 spiro atoms. The Kier molecular flexibility index (Phi) is 3.63. The molecule has 3 atom stereocenters. The minimum Gasteiger partial charge on any atom is -0.378 e. The molecule has 0 fully saturated rings. The van der Waals surface area contributed by atoms with E-state index in [9.17, 15) is 4.39 Å². The lowest BCUT2D eigenvalue weighted by Gasteiger charge is -2.38. The van der Waals surface area contributed by atoms with Crippen molar-refractivity contribution in [2.45, 2.75) is 18.4 Å². The summed E-state index contributed by atoms with van der Waals surface area (Å²) in [5.74, 6) is 0.560. The van der Waals surface area contributed by atoms with Gasteiger partial charge in [0.25, 0.3) is 0 Å². The minimum atomic E-state index is -0.125. The molecule has 128 valence electrons. The number of allylic oxidation sites excluding steroid dienone is 2. The second kappa shape index (κ2) is 6.14. The van der Waals surface area contributed by atoms with Crippen LogP contribution in [0.1, 0.15) is 29.5 Å². The molecule has 2 heteroatoms. The summed E-state index contributed by atoms with van der Waals surface area (Å²) in [7, 11) is 0. The van der Waals surface area contributed by atoms with Gasteiger partial charge < -0.3 is 5.32 Å². The first-order chi connectivity index (χ1) is 12.8. The van der Waals surface area contributed by atoms with Crippen molar-refractivity contribution >= 4 is 5.69 Å². The zero-order valence-corrected chi connectivity index (χ0v) is 14.4. The van der Waals surface area contributed by atoms with Crippen LogP contribution in [0.3, 0.4) is 0 Å². The molecule has 1 N–H and O–H groups in total. The van der Waals surface area contributed by atoms with Gasteiger partial charge in [-0.1, -0.05) is 66.7 Å². The van der Waals surface area contributed by atoms with E-state index >= 15 is 0 Å². The number of fused-ring (bicyclic) bond motifs is 3. The summed E-state index contributed by atoms with van der Waals surface area (Å²) in [5, 5.41) is 3.62. The van der Waals surface area contributed by atoms with Crippen molar-refractivity contribution < 1.29 is 4.39 Å². The molecule has 0 amide bonds. The number of benzene rings is 3. The van der Waals surface area contributed by atoms with Gasteiger partial charge in [0.2, 0.25) is 0 Å². The van der Waals surface area contributed by atoms with E-state index in [0.29, 0.717) is 11.8 Å². The van der Waals surface area contributed by atoms with Crippen LogP contribution in [0, 0.1) is 11.7 Å². The van der Waals surface area contributed by atoms with Crippen molar-refractivity contribution in [3.05, 3.63) is 102 Å². The van der Waals surface area contributed by atoms with Crippen LogP contribution in [-0.2, 0) is 0 Å². The molecule has 1 nitrogen and oxygen atoms in total. The third-order valence-electron chi connectivity index (χ3n) is 5.71. The predicted molar refractivity (Wildman–Crippen MR) is 105 cm³/mol. The standard InChI is InChI=1S/C24H20FN/c25-22-12-5-4-9-20(22)24-19-11-6-10-18(19)21-15-17(13-14-23(21)26-24)16-7-2-1-3-8-16/h1-10,12-15,18-19,24,26H,11H2/t18-,19+,24+/m0/s1. The Hall–Kier alpha value is -2.87. The van der Waals surface area contributed by atoms with Gasteiger partial charge in [0.1, 0.15) is 5.82 Å². The van der Waals surface area contributed by atoms with E-state index in [0.717, 1.165) is 17.7 Å². The molecule has 0 saturated carbocycles. The normalized spacial score (nSPS) is 23.2. The minimum absolute atomic E-state index is 0.00581. The lowest BCUT2D eigenvalue weighted by atomic mass is 9.76. The highest BCUT2D eigenvalue weighted by Gasteiger charge is 2.38. The van der Waals surface area contributed by atoms with Crippen molar-refractivity contribution in [2.24, 2.45) is 5.92 Å². The zero-order chi connectivity index (χ0) is 17.5. The van der Waals surface area contributed by atoms with Crippen LogP contribution >= 0.6 is 0 Å².